The SMILES string of the molecule is CCc1[nH]nc(NC(=O)C2(c3ccccc3F)CC2)c1C. The normalized spacial score (nSPS) is 15.8. The van der Waals surface area contributed by atoms with Gasteiger partial charge in [0.25, 0.3) is 0 Å². The Hall–Kier alpha value is -2.17. The third-order valence-corrected chi connectivity index (χ3v) is 4.27. The van der Waals surface area contributed by atoms with Gasteiger partial charge >= 0.3 is 0 Å². The maximum atomic E-state index is 14.0. The lowest BCUT2D eigenvalue weighted by Gasteiger charge is -2.15. The lowest BCUT2D eigenvalue weighted by Crippen LogP contribution is -2.29. The van der Waals surface area contributed by atoms with E-state index in [1.807, 2.05) is 13.8 Å². The van der Waals surface area contributed by atoms with E-state index >= 15 is 0 Å². The Balaban J connectivity index is 1.85. The molecule has 2 N–H and O–H groups in total. The largest absolute Gasteiger partial charge is 0.308 e. The van der Waals surface area contributed by atoms with Crippen LogP contribution in [0, 0.1) is 12.7 Å². The molecule has 4 nitrogen and oxygen atoms in total. The Kier molecular flexibility index (Phi) is 3.27. The van der Waals surface area contributed by atoms with E-state index in [0.29, 0.717) is 24.2 Å². The predicted octanol–water partition coefficient (Wildman–Crippen LogP) is 3.09. The van der Waals surface area contributed by atoms with Crippen LogP contribution in [0.2, 0.25) is 0 Å². The molecule has 5 heteroatoms. The van der Waals surface area contributed by atoms with Gasteiger partial charge in [0.15, 0.2) is 5.82 Å². The number of benzene rings is 1. The molecule has 1 heterocycles. The van der Waals surface area contributed by atoms with E-state index < -0.39 is 5.41 Å². The van der Waals surface area contributed by atoms with Gasteiger partial charge in [0.2, 0.25) is 5.91 Å². The molecule has 1 amide bonds. The molecule has 0 radical (unpaired) electrons. The summed E-state index contributed by atoms with van der Waals surface area (Å²) < 4.78 is 14.0. The maximum Gasteiger partial charge on any atom is 0.236 e. The van der Waals surface area contributed by atoms with Crippen molar-refractivity contribution < 1.29 is 9.18 Å². The van der Waals surface area contributed by atoms with Crippen LogP contribution in [0.5, 0.6) is 0 Å². The quantitative estimate of drug-likeness (QED) is 0.908. The van der Waals surface area contributed by atoms with E-state index in [-0.39, 0.29) is 11.7 Å². The van der Waals surface area contributed by atoms with Crippen LogP contribution in [-0.4, -0.2) is 16.1 Å². The monoisotopic (exact) mass is 287 g/mol. The molecule has 110 valence electrons. The van der Waals surface area contributed by atoms with Gasteiger partial charge in [-0.15, -0.1) is 0 Å². The highest BCUT2D eigenvalue weighted by Gasteiger charge is 2.52. The topological polar surface area (TPSA) is 57.8 Å². The summed E-state index contributed by atoms with van der Waals surface area (Å²) in [6, 6.07) is 6.49. The number of halogens is 1. The molecular formula is C16H18FN3O. The van der Waals surface area contributed by atoms with Crippen LogP contribution in [0.3, 0.4) is 0 Å². The van der Waals surface area contributed by atoms with Crippen molar-refractivity contribution in [2.75, 3.05) is 5.32 Å². The van der Waals surface area contributed by atoms with Gasteiger partial charge in [-0.25, -0.2) is 4.39 Å². The molecule has 0 spiro atoms. The van der Waals surface area contributed by atoms with Crippen molar-refractivity contribution in [3.8, 4) is 0 Å². The van der Waals surface area contributed by atoms with Crippen molar-refractivity contribution in [1.29, 1.82) is 0 Å². The van der Waals surface area contributed by atoms with Crippen molar-refractivity contribution >= 4 is 11.7 Å². The Labute approximate surface area is 122 Å². The van der Waals surface area contributed by atoms with Crippen LogP contribution in [0.1, 0.15) is 36.6 Å². The van der Waals surface area contributed by atoms with Gasteiger partial charge in [-0.1, -0.05) is 25.1 Å². The minimum absolute atomic E-state index is 0.176. The molecule has 3 rings (SSSR count). The second-order valence-electron chi connectivity index (χ2n) is 5.55. The molecule has 1 saturated carbocycles. The third-order valence-electron chi connectivity index (χ3n) is 4.27. The zero-order valence-electron chi connectivity index (χ0n) is 12.2. The fourth-order valence-corrected chi connectivity index (χ4v) is 2.72. The van der Waals surface area contributed by atoms with Crippen LogP contribution in [0.15, 0.2) is 24.3 Å². The molecule has 0 bridgehead atoms. The number of carbonyl (C=O) groups is 1. The number of hydrogen-bond acceptors (Lipinski definition) is 2. The molecule has 0 aliphatic heterocycles. The average Bonchev–Trinajstić information content (AvgIpc) is 3.21. The highest BCUT2D eigenvalue weighted by atomic mass is 19.1. The first kappa shape index (κ1) is 13.8. The first-order chi connectivity index (χ1) is 10.1. The fourth-order valence-electron chi connectivity index (χ4n) is 2.72. The van der Waals surface area contributed by atoms with Crippen molar-refractivity contribution in [2.24, 2.45) is 0 Å². The lowest BCUT2D eigenvalue weighted by molar-refractivity contribution is -0.118. The molecule has 2 aromatic rings. The van der Waals surface area contributed by atoms with E-state index in [2.05, 4.69) is 15.5 Å². The smallest absolute Gasteiger partial charge is 0.236 e. The Morgan fingerprint density at radius 3 is 2.71 bits per heavy atom. The number of aromatic amines is 1. The predicted molar refractivity (Wildman–Crippen MR) is 78.6 cm³/mol. The minimum atomic E-state index is -0.733. The first-order valence-corrected chi connectivity index (χ1v) is 7.19. The highest BCUT2D eigenvalue weighted by Crippen LogP contribution is 2.49. The number of nitrogens with zero attached hydrogens (tertiary/aromatic N) is 1. The van der Waals surface area contributed by atoms with E-state index in [0.717, 1.165) is 17.7 Å². The second kappa shape index (κ2) is 4.98. The number of H-pyrrole nitrogens is 1. The molecule has 0 saturated heterocycles. The number of aromatic nitrogens is 2. The summed E-state index contributed by atoms with van der Waals surface area (Å²) in [5, 5.41) is 9.89. The van der Waals surface area contributed by atoms with Crippen molar-refractivity contribution in [1.82, 2.24) is 10.2 Å². The molecule has 1 aromatic heterocycles. The number of hydrogen-bond donors (Lipinski definition) is 2. The third kappa shape index (κ3) is 2.22. The first-order valence-electron chi connectivity index (χ1n) is 7.19. The average molecular weight is 287 g/mol. The summed E-state index contributed by atoms with van der Waals surface area (Å²) in [6.07, 6.45) is 2.17. The molecule has 0 atom stereocenters. The number of carbonyl (C=O) groups excluding carboxylic acids is 1. The summed E-state index contributed by atoms with van der Waals surface area (Å²) in [7, 11) is 0. The van der Waals surface area contributed by atoms with Gasteiger partial charge < -0.3 is 5.32 Å². The van der Waals surface area contributed by atoms with Gasteiger partial charge in [-0.2, -0.15) is 5.10 Å². The van der Waals surface area contributed by atoms with Crippen LogP contribution >= 0.6 is 0 Å². The second-order valence-corrected chi connectivity index (χ2v) is 5.55. The number of rotatable bonds is 4. The van der Waals surface area contributed by atoms with E-state index in [1.165, 1.54) is 6.07 Å². The Morgan fingerprint density at radius 2 is 2.14 bits per heavy atom. The molecule has 21 heavy (non-hydrogen) atoms. The lowest BCUT2D eigenvalue weighted by atomic mass is 9.94. The van der Waals surface area contributed by atoms with Crippen molar-refractivity contribution in [3.05, 3.63) is 46.9 Å². The van der Waals surface area contributed by atoms with E-state index in [1.54, 1.807) is 18.2 Å². The van der Waals surface area contributed by atoms with Gasteiger partial charge in [-0.3, -0.25) is 9.89 Å². The standard InChI is InChI=1S/C16H18FN3O/c1-3-13-10(2)14(20-19-13)18-15(21)16(8-9-16)11-6-4-5-7-12(11)17/h4-7H,3,8-9H2,1-2H3,(H2,18,19,20,21). The van der Waals surface area contributed by atoms with Gasteiger partial charge in [0, 0.05) is 16.8 Å². The highest BCUT2D eigenvalue weighted by molar-refractivity contribution is 6.01. The van der Waals surface area contributed by atoms with Gasteiger partial charge in [0.05, 0.1) is 5.41 Å². The molecule has 1 aliphatic carbocycles. The Morgan fingerprint density at radius 1 is 1.43 bits per heavy atom. The number of amides is 1. The number of nitrogens with one attached hydrogen (secondary N) is 2. The molecule has 1 fully saturated rings. The molecule has 0 unspecified atom stereocenters. The van der Waals surface area contributed by atoms with Crippen LogP contribution in [-0.2, 0) is 16.6 Å². The molecular weight excluding hydrogens is 269 g/mol. The van der Waals surface area contributed by atoms with Crippen LogP contribution < -0.4 is 5.32 Å². The van der Waals surface area contributed by atoms with Crippen molar-refractivity contribution in [3.63, 3.8) is 0 Å². The Bertz CT molecular complexity index is 689. The maximum absolute atomic E-state index is 14.0. The molecule has 1 aromatic carbocycles. The summed E-state index contributed by atoms with van der Waals surface area (Å²) in [6.45, 7) is 3.94. The van der Waals surface area contributed by atoms with Crippen LogP contribution in [0.4, 0.5) is 10.2 Å². The summed E-state index contributed by atoms with van der Waals surface area (Å²) in [5.41, 5.74) is 1.69. The van der Waals surface area contributed by atoms with Gasteiger partial charge in [-0.05, 0) is 32.3 Å². The zero-order valence-corrected chi connectivity index (χ0v) is 12.2. The summed E-state index contributed by atoms with van der Waals surface area (Å²) in [4.78, 5) is 12.6. The van der Waals surface area contributed by atoms with Crippen LogP contribution in [0.25, 0.3) is 0 Å². The summed E-state index contributed by atoms with van der Waals surface area (Å²) in [5.74, 6) is 0.0439. The van der Waals surface area contributed by atoms with E-state index in [4.69, 9.17) is 0 Å². The fraction of sp³-hybridized carbons (Fsp3) is 0.375. The van der Waals surface area contributed by atoms with Gasteiger partial charge in [0.1, 0.15) is 5.82 Å². The molecule has 1 aliphatic rings. The zero-order chi connectivity index (χ0) is 15.0. The number of anilines is 1. The summed E-state index contributed by atoms with van der Waals surface area (Å²) >= 11 is 0. The minimum Gasteiger partial charge on any atom is -0.308 e. The number of aryl methyl sites for hydroxylation is 1. The van der Waals surface area contributed by atoms with E-state index in [9.17, 15) is 9.18 Å². The van der Waals surface area contributed by atoms with Crippen molar-refractivity contribution in [2.45, 2.75) is 38.5 Å².